The Kier molecular flexibility index (Phi) is 3.54. The molecule has 7 nitrogen and oxygen atoms in total. The molecule has 0 atom stereocenters. The van der Waals surface area contributed by atoms with Crippen molar-refractivity contribution in [3.05, 3.63) is 24.5 Å². The standard InChI is InChI=1S/C11H12N4O3/c16-4-3-12-10(17)11(18)15-7-1-2-8-9(5-7)14-6-13-8/h1-2,5-6,16H,3-4H2,(H,12,17)(H,13,14)(H,15,18). The van der Waals surface area contributed by atoms with E-state index >= 15 is 0 Å². The van der Waals surface area contributed by atoms with Crippen molar-refractivity contribution in [1.82, 2.24) is 15.3 Å². The molecule has 1 heterocycles. The summed E-state index contributed by atoms with van der Waals surface area (Å²) >= 11 is 0. The lowest BCUT2D eigenvalue weighted by Gasteiger charge is -2.05. The molecule has 2 amide bonds. The number of hydrogen-bond donors (Lipinski definition) is 4. The van der Waals surface area contributed by atoms with Crippen LogP contribution in [0, 0.1) is 0 Å². The summed E-state index contributed by atoms with van der Waals surface area (Å²) < 4.78 is 0. The third-order valence-corrected chi connectivity index (χ3v) is 2.28. The molecular weight excluding hydrogens is 236 g/mol. The molecule has 0 aliphatic heterocycles. The van der Waals surface area contributed by atoms with Crippen LogP contribution in [-0.2, 0) is 9.59 Å². The van der Waals surface area contributed by atoms with Crippen molar-refractivity contribution in [2.45, 2.75) is 0 Å². The molecule has 7 heteroatoms. The molecular formula is C11H12N4O3. The molecule has 0 bridgehead atoms. The monoisotopic (exact) mass is 248 g/mol. The summed E-state index contributed by atoms with van der Waals surface area (Å²) in [5.41, 5.74) is 2.04. The van der Waals surface area contributed by atoms with Gasteiger partial charge in [-0.15, -0.1) is 0 Å². The predicted octanol–water partition coefficient (Wildman–Crippen LogP) is -0.390. The van der Waals surface area contributed by atoms with E-state index in [1.54, 1.807) is 24.5 Å². The second-order valence-corrected chi connectivity index (χ2v) is 3.57. The first-order valence-electron chi connectivity index (χ1n) is 5.34. The van der Waals surface area contributed by atoms with E-state index in [1.807, 2.05) is 0 Å². The molecule has 2 rings (SSSR count). The maximum Gasteiger partial charge on any atom is 0.313 e. The summed E-state index contributed by atoms with van der Waals surface area (Å²) in [5.74, 6) is -1.56. The van der Waals surface area contributed by atoms with Crippen LogP contribution in [0.25, 0.3) is 11.0 Å². The lowest BCUT2D eigenvalue weighted by Crippen LogP contribution is -2.36. The Balaban J connectivity index is 2.04. The molecule has 0 saturated carbocycles. The van der Waals surface area contributed by atoms with Crippen LogP contribution in [0.4, 0.5) is 5.69 Å². The SMILES string of the molecule is O=C(NCCO)C(=O)Nc1ccc2nc[nH]c2c1. The van der Waals surface area contributed by atoms with E-state index in [-0.39, 0.29) is 13.2 Å². The zero-order valence-corrected chi connectivity index (χ0v) is 9.43. The zero-order chi connectivity index (χ0) is 13.0. The number of fused-ring (bicyclic) bond motifs is 1. The number of aromatic nitrogens is 2. The summed E-state index contributed by atoms with van der Waals surface area (Å²) in [6.07, 6.45) is 1.55. The minimum absolute atomic E-state index is 0.0475. The Morgan fingerprint density at radius 2 is 2.17 bits per heavy atom. The van der Waals surface area contributed by atoms with E-state index in [0.717, 1.165) is 11.0 Å². The van der Waals surface area contributed by atoms with Crippen molar-refractivity contribution < 1.29 is 14.7 Å². The quantitative estimate of drug-likeness (QED) is 0.555. The summed E-state index contributed by atoms with van der Waals surface area (Å²) in [4.78, 5) is 29.7. The van der Waals surface area contributed by atoms with Gasteiger partial charge >= 0.3 is 11.8 Å². The van der Waals surface area contributed by atoms with E-state index < -0.39 is 11.8 Å². The number of nitrogens with one attached hydrogen (secondary N) is 3. The van der Waals surface area contributed by atoms with Crippen LogP contribution >= 0.6 is 0 Å². The Hall–Kier alpha value is -2.41. The van der Waals surface area contributed by atoms with Crippen LogP contribution in [0.3, 0.4) is 0 Å². The first-order valence-corrected chi connectivity index (χ1v) is 5.34. The number of carbonyl (C=O) groups excluding carboxylic acids is 2. The topological polar surface area (TPSA) is 107 Å². The van der Waals surface area contributed by atoms with Gasteiger partial charge < -0.3 is 20.7 Å². The number of carbonyl (C=O) groups is 2. The predicted molar refractivity (Wildman–Crippen MR) is 64.8 cm³/mol. The Labute approximate surface area is 102 Å². The van der Waals surface area contributed by atoms with E-state index in [2.05, 4.69) is 20.6 Å². The first kappa shape index (κ1) is 12.1. The summed E-state index contributed by atoms with van der Waals surface area (Å²) in [7, 11) is 0. The molecule has 2 aromatic rings. The van der Waals surface area contributed by atoms with Gasteiger partial charge in [-0.05, 0) is 18.2 Å². The Morgan fingerprint density at radius 1 is 1.33 bits per heavy atom. The van der Waals surface area contributed by atoms with Crippen molar-refractivity contribution in [1.29, 1.82) is 0 Å². The molecule has 1 aromatic heterocycles. The van der Waals surface area contributed by atoms with Crippen molar-refractivity contribution in [2.24, 2.45) is 0 Å². The molecule has 18 heavy (non-hydrogen) atoms. The summed E-state index contributed by atoms with van der Waals surface area (Å²) in [6, 6.07) is 5.06. The largest absolute Gasteiger partial charge is 0.395 e. The summed E-state index contributed by atoms with van der Waals surface area (Å²) in [5, 5.41) is 13.2. The van der Waals surface area contributed by atoms with Gasteiger partial charge in [-0.25, -0.2) is 4.98 Å². The van der Waals surface area contributed by atoms with Crippen LogP contribution < -0.4 is 10.6 Å². The van der Waals surface area contributed by atoms with Gasteiger partial charge in [0.25, 0.3) is 0 Å². The van der Waals surface area contributed by atoms with Gasteiger partial charge in [-0.3, -0.25) is 9.59 Å². The van der Waals surface area contributed by atoms with Crippen LogP contribution in [0.15, 0.2) is 24.5 Å². The molecule has 4 N–H and O–H groups in total. The maximum absolute atomic E-state index is 11.5. The average Bonchev–Trinajstić information content (AvgIpc) is 2.83. The number of rotatable bonds is 3. The van der Waals surface area contributed by atoms with Gasteiger partial charge in [0.2, 0.25) is 0 Å². The van der Waals surface area contributed by atoms with Gasteiger partial charge in [0, 0.05) is 12.2 Å². The molecule has 0 fully saturated rings. The number of aromatic amines is 1. The zero-order valence-electron chi connectivity index (χ0n) is 9.43. The highest BCUT2D eigenvalue weighted by Crippen LogP contribution is 2.15. The number of imidazole rings is 1. The van der Waals surface area contributed by atoms with E-state index in [0.29, 0.717) is 5.69 Å². The summed E-state index contributed by atoms with van der Waals surface area (Å²) in [6.45, 7) is -0.162. The van der Waals surface area contributed by atoms with E-state index in [9.17, 15) is 9.59 Å². The molecule has 94 valence electrons. The molecule has 1 aromatic carbocycles. The Morgan fingerprint density at radius 3 is 2.94 bits per heavy atom. The van der Waals surface area contributed by atoms with Crippen molar-refractivity contribution in [2.75, 3.05) is 18.5 Å². The smallest absolute Gasteiger partial charge is 0.313 e. The van der Waals surface area contributed by atoms with E-state index in [4.69, 9.17) is 5.11 Å². The third-order valence-electron chi connectivity index (χ3n) is 2.28. The Bertz CT molecular complexity index is 578. The highest BCUT2D eigenvalue weighted by atomic mass is 16.3. The van der Waals surface area contributed by atoms with Crippen LogP contribution in [0.1, 0.15) is 0 Å². The van der Waals surface area contributed by atoms with Crippen LogP contribution in [-0.4, -0.2) is 40.0 Å². The van der Waals surface area contributed by atoms with Gasteiger partial charge in [-0.2, -0.15) is 0 Å². The van der Waals surface area contributed by atoms with Gasteiger partial charge in [-0.1, -0.05) is 0 Å². The minimum atomic E-state index is -0.784. The normalized spacial score (nSPS) is 10.3. The maximum atomic E-state index is 11.5. The fourth-order valence-corrected chi connectivity index (χ4v) is 1.45. The van der Waals surface area contributed by atoms with E-state index in [1.165, 1.54) is 0 Å². The second kappa shape index (κ2) is 5.28. The number of nitrogens with zero attached hydrogens (tertiary/aromatic N) is 1. The van der Waals surface area contributed by atoms with Gasteiger partial charge in [0.15, 0.2) is 0 Å². The number of amides is 2. The third kappa shape index (κ3) is 2.64. The molecule has 0 unspecified atom stereocenters. The lowest BCUT2D eigenvalue weighted by atomic mass is 10.2. The van der Waals surface area contributed by atoms with Gasteiger partial charge in [0.1, 0.15) is 0 Å². The number of anilines is 1. The number of aliphatic hydroxyl groups is 1. The van der Waals surface area contributed by atoms with Crippen molar-refractivity contribution >= 4 is 28.5 Å². The fraction of sp³-hybridized carbons (Fsp3) is 0.182. The lowest BCUT2D eigenvalue weighted by molar-refractivity contribution is -0.136. The second-order valence-electron chi connectivity index (χ2n) is 3.57. The molecule has 0 saturated heterocycles. The van der Waals surface area contributed by atoms with Crippen LogP contribution in [0.5, 0.6) is 0 Å². The average molecular weight is 248 g/mol. The van der Waals surface area contributed by atoms with Crippen molar-refractivity contribution in [3.8, 4) is 0 Å². The minimum Gasteiger partial charge on any atom is -0.395 e. The molecule has 0 radical (unpaired) electrons. The highest BCUT2D eigenvalue weighted by molar-refractivity contribution is 6.39. The molecule has 0 aliphatic rings. The number of hydrogen-bond acceptors (Lipinski definition) is 4. The number of aliphatic hydroxyl groups excluding tert-OH is 1. The fourth-order valence-electron chi connectivity index (χ4n) is 1.45. The molecule has 0 aliphatic carbocycles. The first-order chi connectivity index (χ1) is 8.70. The number of H-pyrrole nitrogens is 1. The van der Waals surface area contributed by atoms with Crippen molar-refractivity contribution in [3.63, 3.8) is 0 Å². The van der Waals surface area contributed by atoms with Gasteiger partial charge in [0.05, 0.1) is 24.0 Å². The molecule has 0 spiro atoms. The number of benzene rings is 1. The van der Waals surface area contributed by atoms with Crippen LogP contribution in [0.2, 0.25) is 0 Å². The highest BCUT2D eigenvalue weighted by Gasteiger charge is 2.12.